The third-order valence-electron chi connectivity index (χ3n) is 3.90. The number of halogens is 1. The standard InChI is InChI=1S/C14H21BrN2/c1-10-7-9-16-13(12(10)15)17-11-6-4-5-8-14(11,2)3/h7,9,11H,4-6,8H2,1-3H3,(H,16,17). The van der Waals surface area contributed by atoms with E-state index in [1.165, 1.54) is 31.2 Å². The van der Waals surface area contributed by atoms with Crippen LogP contribution in [0.25, 0.3) is 0 Å². The van der Waals surface area contributed by atoms with Crippen molar-refractivity contribution in [2.24, 2.45) is 5.41 Å². The molecule has 1 saturated carbocycles. The SMILES string of the molecule is Cc1ccnc(NC2CCCCC2(C)C)c1Br. The van der Waals surface area contributed by atoms with E-state index in [-0.39, 0.29) is 0 Å². The first-order valence-corrected chi connectivity index (χ1v) is 7.17. The number of hydrogen-bond acceptors (Lipinski definition) is 2. The maximum Gasteiger partial charge on any atom is 0.140 e. The Bertz CT molecular complexity index is 401. The minimum Gasteiger partial charge on any atom is -0.366 e. The van der Waals surface area contributed by atoms with Gasteiger partial charge in [-0.15, -0.1) is 0 Å². The van der Waals surface area contributed by atoms with Crippen LogP contribution in [0, 0.1) is 12.3 Å². The lowest BCUT2D eigenvalue weighted by atomic mass is 9.73. The lowest BCUT2D eigenvalue weighted by Crippen LogP contribution is -2.39. The van der Waals surface area contributed by atoms with E-state index in [9.17, 15) is 0 Å². The fourth-order valence-corrected chi connectivity index (χ4v) is 2.92. The van der Waals surface area contributed by atoms with E-state index in [0.29, 0.717) is 11.5 Å². The summed E-state index contributed by atoms with van der Waals surface area (Å²) in [7, 11) is 0. The van der Waals surface area contributed by atoms with Crippen LogP contribution in [-0.4, -0.2) is 11.0 Å². The quantitative estimate of drug-likeness (QED) is 0.867. The largest absolute Gasteiger partial charge is 0.366 e. The molecule has 1 heterocycles. The van der Waals surface area contributed by atoms with Crippen LogP contribution in [-0.2, 0) is 0 Å². The van der Waals surface area contributed by atoms with Crippen molar-refractivity contribution >= 4 is 21.7 Å². The summed E-state index contributed by atoms with van der Waals surface area (Å²) in [5.41, 5.74) is 1.60. The molecule has 1 unspecified atom stereocenters. The number of nitrogens with zero attached hydrogens (tertiary/aromatic N) is 1. The van der Waals surface area contributed by atoms with Crippen LogP contribution < -0.4 is 5.32 Å². The molecule has 1 aliphatic rings. The van der Waals surface area contributed by atoms with E-state index in [1.807, 2.05) is 12.3 Å². The van der Waals surface area contributed by atoms with Crippen molar-refractivity contribution in [3.8, 4) is 0 Å². The summed E-state index contributed by atoms with van der Waals surface area (Å²) in [4.78, 5) is 4.44. The van der Waals surface area contributed by atoms with Crippen LogP contribution >= 0.6 is 15.9 Å². The molecule has 0 radical (unpaired) electrons. The van der Waals surface area contributed by atoms with Gasteiger partial charge in [0.1, 0.15) is 5.82 Å². The molecule has 1 aromatic rings. The summed E-state index contributed by atoms with van der Waals surface area (Å²) in [5.74, 6) is 0.991. The molecule has 0 bridgehead atoms. The zero-order valence-corrected chi connectivity index (χ0v) is 12.5. The van der Waals surface area contributed by atoms with Crippen molar-refractivity contribution in [1.29, 1.82) is 0 Å². The zero-order valence-electron chi connectivity index (χ0n) is 10.9. The maximum absolute atomic E-state index is 4.44. The minimum absolute atomic E-state index is 0.364. The molecule has 1 N–H and O–H groups in total. The van der Waals surface area contributed by atoms with E-state index in [4.69, 9.17) is 0 Å². The molecule has 1 aliphatic carbocycles. The van der Waals surface area contributed by atoms with Crippen molar-refractivity contribution in [3.63, 3.8) is 0 Å². The Morgan fingerprint density at radius 1 is 1.41 bits per heavy atom. The molecular formula is C14H21BrN2. The highest BCUT2D eigenvalue weighted by Gasteiger charge is 2.32. The third kappa shape index (κ3) is 2.82. The Morgan fingerprint density at radius 2 is 2.18 bits per heavy atom. The second-order valence-corrected chi connectivity index (χ2v) is 6.51. The highest BCUT2D eigenvalue weighted by molar-refractivity contribution is 9.10. The molecule has 0 aromatic carbocycles. The predicted molar refractivity (Wildman–Crippen MR) is 76.3 cm³/mol. The Hall–Kier alpha value is -0.570. The van der Waals surface area contributed by atoms with Crippen molar-refractivity contribution in [2.45, 2.75) is 52.5 Å². The molecule has 17 heavy (non-hydrogen) atoms. The Kier molecular flexibility index (Phi) is 3.76. The van der Waals surface area contributed by atoms with Gasteiger partial charge in [0.05, 0.1) is 4.47 Å². The Morgan fingerprint density at radius 3 is 2.88 bits per heavy atom. The minimum atomic E-state index is 0.364. The highest BCUT2D eigenvalue weighted by atomic mass is 79.9. The summed E-state index contributed by atoms with van der Waals surface area (Å²) in [5, 5.41) is 3.62. The van der Waals surface area contributed by atoms with Gasteiger partial charge in [0.2, 0.25) is 0 Å². The van der Waals surface area contributed by atoms with E-state index in [1.54, 1.807) is 0 Å². The molecule has 2 rings (SSSR count). The Balaban J connectivity index is 2.17. The van der Waals surface area contributed by atoms with Crippen LogP contribution in [0.1, 0.15) is 45.1 Å². The molecule has 1 atom stereocenters. The van der Waals surface area contributed by atoms with Gasteiger partial charge in [0.15, 0.2) is 0 Å². The van der Waals surface area contributed by atoms with Crippen molar-refractivity contribution < 1.29 is 0 Å². The first-order valence-electron chi connectivity index (χ1n) is 6.38. The van der Waals surface area contributed by atoms with E-state index >= 15 is 0 Å². The van der Waals surface area contributed by atoms with Crippen LogP contribution in [0.4, 0.5) is 5.82 Å². The molecule has 0 amide bonds. The van der Waals surface area contributed by atoms with E-state index < -0.39 is 0 Å². The summed E-state index contributed by atoms with van der Waals surface area (Å²) >= 11 is 3.62. The molecule has 1 fully saturated rings. The van der Waals surface area contributed by atoms with Crippen LogP contribution in [0.3, 0.4) is 0 Å². The van der Waals surface area contributed by atoms with Gasteiger partial charge in [-0.3, -0.25) is 0 Å². The first kappa shape index (κ1) is 12.9. The number of hydrogen-bond donors (Lipinski definition) is 1. The lowest BCUT2D eigenvalue weighted by Gasteiger charge is -2.39. The van der Waals surface area contributed by atoms with Gasteiger partial charge in [-0.05, 0) is 52.7 Å². The smallest absolute Gasteiger partial charge is 0.140 e. The second-order valence-electron chi connectivity index (χ2n) is 5.72. The van der Waals surface area contributed by atoms with Gasteiger partial charge in [0.25, 0.3) is 0 Å². The second kappa shape index (κ2) is 4.97. The van der Waals surface area contributed by atoms with Crippen LogP contribution in [0.5, 0.6) is 0 Å². The summed E-state index contributed by atoms with van der Waals surface area (Å²) in [6.45, 7) is 6.81. The van der Waals surface area contributed by atoms with Crippen LogP contribution in [0.15, 0.2) is 16.7 Å². The predicted octanol–water partition coefficient (Wildman–Crippen LogP) is 4.53. The van der Waals surface area contributed by atoms with E-state index in [0.717, 1.165) is 10.3 Å². The molecular weight excluding hydrogens is 276 g/mol. The topological polar surface area (TPSA) is 24.9 Å². The maximum atomic E-state index is 4.44. The van der Waals surface area contributed by atoms with E-state index in [2.05, 4.69) is 47.0 Å². The Labute approximate surface area is 112 Å². The van der Waals surface area contributed by atoms with Gasteiger partial charge >= 0.3 is 0 Å². The van der Waals surface area contributed by atoms with Gasteiger partial charge < -0.3 is 5.32 Å². The normalized spacial score (nSPS) is 23.4. The molecule has 0 aliphatic heterocycles. The van der Waals surface area contributed by atoms with Crippen LogP contribution in [0.2, 0.25) is 0 Å². The molecule has 1 aromatic heterocycles. The third-order valence-corrected chi connectivity index (χ3v) is 4.90. The van der Waals surface area contributed by atoms with Gasteiger partial charge in [0, 0.05) is 12.2 Å². The average molecular weight is 297 g/mol. The number of nitrogens with one attached hydrogen (secondary N) is 1. The molecule has 3 heteroatoms. The van der Waals surface area contributed by atoms with Gasteiger partial charge in [-0.25, -0.2) is 4.98 Å². The summed E-state index contributed by atoms with van der Waals surface area (Å²) < 4.78 is 1.10. The molecule has 0 spiro atoms. The zero-order chi connectivity index (χ0) is 12.5. The molecule has 0 saturated heterocycles. The number of rotatable bonds is 2. The van der Waals surface area contributed by atoms with Crippen molar-refractivity contribution in [3.05, 3.63) is 22.3 Å². The summed E-state index contributed by atoms with van der Waals surface area (Å²) in [6.07, 6.45) is 7.10. The monoisotopic (exact) mass is 296 g/mol. The lowest BCUT2D eigenvalue weighted by molar-refractivity contribution is 0.216. The van der Waals surface area contributed by atoms with Crippen molar-refractivity contribution in [2.75, 3.05) is 5.32 Å². The average Bonchev–Trinajstić information content (AvgIpc) is 2.27. The number of pyridine rings is 1. The fraction of sp³-hybridized carbons (Fsp3) is 0.643. The fourth-order valence-electron chi connectivity index (χ4n) is 2.57. The summed E-state index contributed by atoms with van der Waals surface area (Å²) in [6, 6.07) is 2.56. The highest BCUT2D eigenvalue weighted by Crippen LogP contribution is 2.38. The molecule has 94 valence electrons. The number of anilines is 1. The van der Waals surface area contributed by atoms with Gasteiger partial charge in [-0.1, -0.05) is 26.7 Å². The van der Waals surface area contributed by atoms with Gasteiger partial charge in [-0.2, -0.15) is 0 Å². The number of aryl methyl sites for hydroxylation is 1. The first-order chi connectivity index (χ1) is 8.00. The van der Waals surface area contributed by atoms with Crippen molar-refractivity contribution in [1.82, 2.24) is 4.98 Å². The number of aromatic nitrogens is 1. The molecule has 2 nitrogen and oxygen atoms in total.